The minimum atomic E-state index is -2.37. The Morgan fingerprint density at radius 1 is 0.818 bits per heavy atom. The molecule has 0 aromatic heterocycles. The van der Waals surface area contributed by atoms with Gasteiger partial charge in [0.1, 0.15) is 0 Å². The van der Waals surface area contributed by atoms with Crippen molar-refractivity contribution in [3.8, 4) is 0 Å². The van der Waals surface area contributed by atoms with E-state index in [2.05, 4.69) is 66.3 Å². The van der Waals surface area contributed by atoms with Gasteiger partial charge in [-0.3, -0.25) is 0 Å². The zero-order valence-corrected chi connectivity index (χ0v) is 20.3. The quantitative estimate of drug-likeness (QED) is 0.427. The van der Waals surface area contributed by atoms with Crippen molar-refractivity contribution in [2.75, 3.05) is 0 Å². The summed E-state index contributed by atoms with van der Waals surface area (Å²) in [4.78, 5) is 0. The van der Waals surface area contributed by atoms with Gasteiger partial charge < -0.3 is 12.3 Å². The van der Waals surface area contributed by atoms with Gasteiger partial charge >= 0.3 is 17.1 Å². The van der Waals surface area contributed by atoms with Crippen molar-refractivity contribution in [2.45, 2.75) is 84.6 Å². The second-order valence-electron chi connectivity index (χ2n) is 7.90. The number of unbranched alkanes of at least 4 members (excludes halogenated alkanes) is 1. The van der Waals surface area contributed by atoms with Crippen LogP contribution in [0.15, 0.2) is 12.3 Å². The highest BCUT2D eigenvalue weighted by molar-refractivity contribution is 6.91. The fraction of sp³-hybridized carbons (Fsp3) is 0.867. The summed E-state index contributed by atoms with van der Waals surface area (Å²) in [5.41, 5.74) is 1.94. The summed E-state index contributed by atoms with van der Waals surface area (Å²) in [7, 11) is -7.90. The highest BCUT2D eigenvalue weighted by Gasteiger charge is 2.44. The lowest BCUT2D eigenvalue weighted by Crippen LogP contribution is -2.56. The van der Waals surface area contributed by atoms with Crippen molar-refractivity contribution < 1.29 is 12.3 Å². The molecule has 0 spiro atoms. The van der Waals surface area contributed by atoms with E-state index in [4.69, 9.17) is 12.3 Å². The molecule has 1 atom stereocenters. The van der Waals surface area contributed by atoms with E-state index in [-0.39, 0.29) is 0 Å². The molecule has 1 unspecified atom stereocenters. The van der Waals surface area contributed by atoms with E-state index in [9.17, 15) is 0 Å². The molecule has 0 aromatic rings. The summed E-state index contributed by atoms with van der Waals surface area (Å²) in [5, 5.41) is 0. The van der Waals surface area contributed by atoms with Crippen LogP contribution in [-0.4, -0.2) is 33.8 Å². The first-order chi connectivity index (χ1) is 9.80. The maximum Gasteiger partial charge on any atom is 0.342 e. The normalized spacial score (nSPS) is 16.4. The Kier molecular flexibility index (Phi) is 8.73. The van der Waals surface area contributed by atoms with E-state index in [1.807, 2.05) is 5.70 Å². The van der Waals surface area contributed by atoms with Crippen LogP contribution in [0.5, 0.6) is 0 Å². The summed E-state index contributed by atoms with van der Waals surface area (Å²) >= 11 is 0. The highest BCUT2D eigenvalue weighted by atomic mass is 28.5. The summed E-state index contributed by atoms with van der Waals surface area (Å²) in [6.45, 7) is 24.0. The van der Waals surface area contributed by atoms with Gasteiger partial charge in [0.15, 0.2) is 16.6 Å². The molecule has 0 saturated heterocycles. The molecule has 0 saturated carbocycles. The predicted octanol–water partition coefficient (Wildman–Crippen LogP) is 5.77. The van der Waals surface area contributed by atoms with E-state index in [1.165, 1.54) is 18.9 Å². The minimum absolute atomic E-state index is 1.11. The van der Waals surface area contributed by atoms with Crippen molar-refractivity contribution in [2.24, 2.45) is 0 Å². The van der Waals surface area contributed by atoms with Crippen LogP contribution in [0.2, 0.25) is 57.9 Å². The van der Waals surface area contributed by atoms with Gasteiger partial charge in [-0.2, -0.15) is 0 Å². The first-order valence-corrected chi connectivity index (χ1v) is 20.0. The molecule has 0 fully saturated rings. The molecule has 0 aromatic carbocycles. The molecule has 0 aliphatic heterocycles. The Morgan fingerprint density at radius 2 is 1.36 bits per heavy atom. The molecule has 0 aliphatic rings. The van der Waals surface area contributed by atoms with Gasteiger partial charge in [0.05, 0.1) is 0 Å². The monoisotopic (exact) mass is 378 g/mol. The maximum atomic E-state index is 6.57. The van der Waals surface area contributed by atoms with Gasteiger partial charge in [0.2, 0.25) is 0 Å². The maximum absolute atomic E-state index is 6.57. The largest absolute Gasteiger partial charge is 0.436 e. The number of rotatable bonds is 11. The van der Waals surface area contributed by atoms with Crippen LogP contribution in [0.4, 0.5) is 0 Å². The molecule has 0 bridgehead atoms. The zero-order chi connectivity index (χ0) is 17.7. The van der Waals surface area contributed by atoms with E-state index >= 15 is 0 Å². The van der Waals surface area contributed by atoms with Crippen molar-refractivity contribution in [1.29, 1.82) is 0 Å². The van der Waals surface area contributed by atoms with Crippen molar-refractivity contribution in [3.63, 3.8) is 0 Å². The van der Waals surface area contributed by atoms with Gasteiger partial charge in [0.25, 0.3) is 0 Å². The third-order valence-corrected chi connectivity index (χ3v) is 19.4. The number of hydrogen-bond donors (Lipinski definition) is 0. The topological polar surface area (TPSA) is 27.7 Å². The van der Waals surface area contributed by atoms with Gasteiger partial charge in [-0.15, -0.1) is 6.58 Å². The molecule has 0 radical (unpaired) electrons. The Morgan fingerprint density at radius 3 is 1.77 bits per heavy atom. The van der Waals surface area contributed by atoms with Gasteiger partial charge in [0, 0.05) is 0 Å². The average molecular weight is 379 g/mol. The molecule has 0 aliphatic carbocycles. The SMILES string of the molecule is C=C[Si](C)(O[Si](C)(C)CCCC)O[Si](C)(C)O[Si](C)(C)CC. The van der Waals surface area contributed by atoms with Crippen molar-refractivity contribution >= 4 is 33.8 Å². The van der Waals surface area contributed by atoms with E-state index < -0.39 is 33.8 Å². The molecule has 0 amide bonds. The summed E-state index contributed by atoms with van der Waals surface area (Å²) < 4.78 is 19.5. The first-order valence-electron chi connectivity index (χ1n) is 8.54. The molecular weight excluding hydrogens is 341 g/mol. The molecule has 132 valence electrons. The lowest BCUT2D eigenvalue weighted by Gasteiger charge is -2.41. The smallest absolute Gasteiger partial charge is 0.342 e. The van der Waals surface area contributed by atoms with E-state index in [1.54, 1.807) is 0 Å². The van der Waals surface area contributed by atoms with Crippen LogP contribution in [0.25, 0.3) is 0 Å². The van der Waals surface area contributed by atoms with Crippen molar-refractivity contribution in [1.82, 2.24) is 0 Å². The number of hydrogen-bond acceptors (Lipinski definition) is 3. The minimum Gasteiger partial charge on any atom is -0.436 e. The lowest BCUT2D eigenvalue weighted by atomic mass is 10.4. The Hall–Kier alpha value is 0.488. The van der Waals surface area contributed by atoms with Crippen LogP contribution < -0.4 is 0 Å². The molecule has 22 heavy (non-hydrogen) atoms. The van der Waals surface area contributed by atoms with E-state index in [0.717, 1.165) is 6.04 Å². The molecule has 0 heterocycles. The fourth-order valence-electron chi connectivity index (χ4n) is 2.55. The molecule has 3 nitrogen and oxygen atoms in total. The molecule has 0 N–H and O–H groups in total. The van der Waals surface area contributed by atoms with Crippen molar-refractivity contribution in [3.05, 3.63) is 12.3 Å². The second-order valence-corrected chi connectivity index (χ2v) is 23.8. The Balaban J connectivity index is 4.96. The Labute approximate surface area is 143 Å². The van der Waals surface area contributed by atoms with Crippen LogP contribution >= 0.6 is 0 Å². The molecular formula is C15H38O3Si4. The van der Waals surface area contributed by atoms with Gasteiger partial charge in [-0.25, -0.2) is 0 Å². The predicted molar refractivity (Wildman–Crippen MR) is 108 cm³/mol. The van der Waals surface area contributed by atoms with Gasteiger partial charge in [-0.1, -0.05) is 32.4 Å². The standard InChI is InChI=1S/C15H38O3Si4/c1-11-14-15-20(6,7)17-22(10,13-3)18-21(8,9)16-19(4,5)12-2/h13H,3,11-12,14-15H2,1-2,4-10H3. The molecule has 0 rings (SSSR count). The third kappa shape index (κ3) is 8.95. The second kappa shape index (κ2) is 8.55. The lowest BCUT2D eigenvalue weighted by molar-refractivity contribution is 0.333. The van der Waals surface area contributed by atoms with E-state index in [0.29, 0.717) is 0 Å². The van der Waals surface area contributed by atoms with Crippen LogP contribution in [0.3, 0.4) is 0 Å². The van der Waals surface area contributed by atoms with Crippen LogP contribution in [0, 0.1) is 0 Å². The fourth-order valence-corrected chi connectivity index (χ4v) is 20.1. The Bertz CT molecular complexity index is 359. The highest BCUT2D eigenvalue weighted by Crippen LogP contribution is 2.27. The molecule has 7 heteroatoms. The summed E-state index contributed by atoms with van der Waals surface area (Å²) in [5.74, 6) is 0. The third-order valence-electron chi connectivity index (χ3n) is 3.80. The van der Waals surface area contributed by atoms with Crippen LogP contribution in [-0.2, 0) is 12.3 Å². The summed E-state index contributed by atoms with van der Waals surface area (Å²) in [6.07, 6.45) is 2.45. The van der Waals surface area contributed by atoms with Crippen LogP contribution in [0.1, 0.15) is 26.7 Å². The average Bonchev–Trinajstić information content (AvgIpc) is 2.33. The zero-order valence-electron chi connectivity index (χ0n) is 16.3. The van der Waals surface area contributed by atoms with Gasteiger partial charge in [-0.05, 0) is 57.9 Å². The summed E-state index contributed by atoms with van der Waals surface area (Å²) in [6, 6.07) is 2.29. The first kappa shape index (κ1) is 22.5.